The summed E-state index contributed by atoms with van der Waals surface area (Å²) >= 11 is 0. The molecule has 2 aromatic rings. The molecule has 8 heteroatoms. The fraction of sp³-hybridized carbons (Fsp3) is 0.333. The Kier molecular flexibility index (Phi) is 5.07. The molecule has 23 heavy (non-hydrogen) atoms. The number of carbonyl (C=O) groups is 2. The van der Waals surface area contributed by atoms with Crippen LogP contribution in [0.25, 0.3) is 0 Å². The van der Waals surface area contributed by atoms with Gasteiger partial charge in [-0.1, -0.05) is 29.5 Å². The number of hydrogen-bond donors (Lipinski definition) is 2. The molecule has 1 unspecified atom stereocenters. The van der Waals surface area contributed by atoms with Crippen molar-refractivity contribution < 1.29 is 14.7 Å². The molecule has 0 spiro atoms. The highest BCUT2D eigenvalue weighted by atomic mass is 16.4. The number of amides is 1. The first-order valence-electron chi connectivity index (χ1n) is 7.04. The second kappa shape index (κ2) is 7.01. The lowest BCUT2D eigenvalue weighted by Gasteiger charge is -2.25. The van der Waals surface area contributed by atoms with E-state index < -0.39 is 17.9 Å². The van der Waals surface area contributed by atoms with Crippen LogP contribution >= 0.6 is 0 Å². The Morgan fingerprint density at radius 2 is 2.09 bits per heavy atom. The number of carbonyl (C=O) groups excluding carboxylic acids is 1. The smallest absolute Gasteiger partial charge is 0.325 e. The number of aryl methyl sites for hydroxylation is 1. The van der Waals surface area contributed by atoms with Gasteiger partial charge in [-0.05, 0) is 25.1 Å². The fourth-order valence-corrected chi connectivity index (χ4v) is 2.45. The summed E-state index contributed by atoms with van der Waals surface area (Å²) in [5.74, 6) is -1.45. The molecule has 0 saturated carbocycles. The summed E-state index contributed by atoms with van der Waals surface area (Å²) in [4.78, 5) is 24.2. The van der Waals surface area contributed by atoms with Crippen molar-refractivity contribution in [3.05, 3.63) is 47.3 Å². The highest BCUT2D eigenvalue weighted by Gasteiger charge is 2.26. The van der Waals surface area contributed by atoms with E-state index >= 15 is 0 Å². The highest BCUT2D eigenvalue weighted by molar-refractivity contribution is 5.76. The second-order valence-corrected chi connectivity index (χ2v) is 5.39. The number of carboxylic acid groups (broad SMARTS) is 1. The third-order valence-corrected chi connectivity index (χ3v) is 3.47. The van der Waals surface area contributed by atoms with Crippen molar-refractivity contribution >= 4 is 11.9 Å². The van der Waals surface area contributed by atoms with Crippen LogP contribution in [-0.2, 0) is 22.7 Å². The van der Waals surface area contributed by atoms with Gasteiger partial charge in [0.15, 0.2) is 0 Å². The number of likely N-dealkylation sites (N-methyl/N-ethyl adjacent to an activating group) is 1. The maximum atomic E-state index is 11.7. The number of aliphatic carboxylic acids is 1. The van der Waals surface area contributed by atoms with Crippen LogP contribution in [0.5, 0.6) is 0 Å². The van der Waals surface area contributed by atoms with Gasteiger partial charge in [0.2, 0.25) is 5.91 Å². The van der Waals surface area contributed by atoms with E-state index in [1.165, 1.54) is 4.68 Å². The molecule has 0 radical (unpaired) electrons. The van der Waals surface area contributed by atoms with Crippen molar-refractivity contribution in [2.24, 2.45) is 5.73 Å². The van der Waals surface area contributed by atoms with E-state index in [9.17, 15) is 14.7 Å². The fourth-order valence-electron chi connectivity index (χ4n) is 2.45. The number of aromatic nitrogens is 3. The Morgan fingerprint density at radius 3 is 2.70 bits per heavy atom. The average molecular weight is 317 g/mol. The Balaban J connectivity index is 2.17. The van der Waals surface area contributed by atoms with Crippen molar-refractivity contribution in [3.8, 4) is 0 Å². The van der Waals surface area contributed by atoms with Crippen molar-refractivity contribution in [2.45, 2.75) is 26.1 Å². The van der Waals surface area contributed by atoms with E-state index in [0.29, 0.717) is 5.69 Å². The number of primary amides is 1. The lowest BCUT2D eigenvalue weighted by molar-refractivity contribution is -0.143. The van der Waals surface area contributed by atoms with Gasteiger partial charge in [0.05, 0.1) is 11.9 Å². The first-order valence-corrected chi connectivity index (χ1v) is 7.04. The van der Waals surface area contributed by atoms with Gasteiger partial charge < -0.3 is 10.8 Å². The largest absolute Gasteiger partial charge is 0.480 e. The van der Waals surface area contributed by atoms with Gasteiger partial charge in [-0.15, -0.1) is 5.10 Å². The van der Waals surface area contributed by atoms with E-state index in [0.717, 1.165) is 11.1 Å². The summed E-state index contributed by atoms with van der Waals surface area (Å²) in [5, 5.41) is 17.3. The van der Waals surface area contributed by atoms with Crippen LogP contribution in [0.3, 0.4) is 0 Å². The predicted molar refractivity (Wildman–Crippen MR) is 82.2 cm³/mol. The molecule has 2 rings (SSSR count). The molecule has 122 valence electrons. The molecule has 0 aliphatic rings. The monoisotopic (exact) mass is 317 g/mol. The molecule has 0 saturated heterocycles. The van der Waals surface area contributed by atoms with Crippen molar-refractivity contribution in [1.29, 1.82) is 0 Å². The minimum absolute atomic E-state index is 0.0587. The van der Waals surface area contributed by atoms with Crippen LogP contribution in [0, 0.1) is 6.92 Å². The minimum atomic E-state index is -0.939. The van der Waals surface area contributed by atoms with Gasteiger partial charge in [0.1, 0.15) is 12.6 Å². The van der Waals surface area contributed by atoms with Crippen LogP contribution in [0.4, 0.5) is 0 Å². The Morgan fingerprint density at radius 1 is 1.39 bits per heavy atom. The maximum Gasteiger partial charge on any atom is 0.325 e. The van der Waals surface area contributed by atoms with Crippen LogP contribution in [-0.4, -0.2) is 43.9 Å². The Bertz CT molecular complexity index is 713. The van der Waals surface area contributed by atoms with Crippen LogP contribution in [0.2, 0.25) is 0 Å². The number of hydrogen-bond acceptors (Lipinski definition) is 5. The zero-order chi connectivity index (χ0) is 17.0. The molecule has 0 aliphatic carbocycles. The summed E-state index contributed by atoms with van der Waals surface area (Å²) in [5.41, 5.74) is 7.30. The summed E-state index contributed by atoms with van der Waals surface area (Å²) in [6.45, 7) is 2.10. The maximum absolute atomic E-state index is 11.7. The molecule has 3 N–H and O–H groups in total. The average Bonchev–Trinajstić information content (AvgIpc) is 2.87. The SMILES string of the molecule is Cc1ccccc1C(C(=O)O)N(C)Cc1cn(CC(N)=O)nn1. The molecule has 1 heterocycles. The molecule has 1 aromatic heterocycles. The van der Waals surface area contributed by atoms with Gasteiger partial charge in [-0.3, -0.25) is 14.5 Å². The highest BCUT2D eigenvalue weighted by Crippen LogP contribution is 2.24. The van der Waals surface area contributed by atoms with Crippen molar-refractivity contribution in [1.82, 2.24) is 19.9 Å². The van der Waals surface area contributed by atoms with Crippen molar-refractivity contribution in [2.75, 3.05) is 7.05 Å². The number of rotatable bonds is 7. The first kappa shape index (κ1) is 16.6. The predicted octanol–water partition coefficient (Wildman–Crippen LogP) is 0.330. The van der Waals surface area contributed by atoms with Gasteiger partial charge >= 0.3 is 5.97 Å². The molecule has 8 nitrogen and oxygen atoms in total. The number of carboxylic acids is 1. The third kappa shape index (κ3) is 4.13. The van der Waals surface area contributed by atoms with E-state index in [1.807, 2.05) is 25.1 Å². The van der Waals surface area contributed by atoms with Gasteiger partial charge in [-0.2, -0.15) is 0 Å². The third-order valence-electron chi connectivity index (χ3n) is 3.47. The molecule has 0 fully saturated rings. The van der Waals surface area contributed by atoms with Gasteiger partial charge in [0.25, 0.3) is 0 Å². The minimum Gasteiger partial charge on any atom is -0.480 e. The van der Waals surface area contributed by atoms with Crippen LogP contribution in [0.1, 0.15) is 22.9 Å². The number of nitrogens with zero attached hydrogens (tertiary/aromatic N) is 4. The summed E-state index contributed by atoms with van der Waals surface area (Å²) in [6.07, 6.45) is 1.58. The summed E-state index contributed by atoms with van der Waals surface area (Å²) in [6, 6.07) is 6.57. The molecule has 1 amide bonds. The normalized spacial score (nSPS) is 12.3. The number of benzene rings is 1. The van der Waals surface area contributed by atoms with E-state index in [4.69, 9.17) is 5.73 Å². The zero-order valence-corrected chi connectivity index (χ0v) is 13.0. The zero-order valence-electron chi connectivity index (χ0n) is 13.0. The lowest BCUT2D eigenvalue weighted by atomic mass is 10.0. The Hall–Kier alpha value is -2.74. The van der Waals surface area contributed by atoms with Crippen LogP contribution < -0.4 is 5.73 Å². The quantitative estimate of drug-likeness (QED) is 0.760. The first-order chi connectivity index (χ1) is 10.9. The molecule has 1 aromatic carbocycles. The molecule has 0 aliphatic heterocycles. The van der Waals surface area contributed by atoms with E-state index in [2.05, 4.69) is 10.3 Å². The Labute approximate surface area is 133 Å². The van der Waals surface area contributed by atoms with Gasteiger partial charge in [-0.25, -0.2) is 4.68 Å². The lowest BCUT2D eigenvalue weighted by Crippen LogP contribution is -2.31. The van der Waals surface area contributed by atoms with Crippen LogP contribution in [0.15, 0.2) is 30.5 Å². The topological polar surface area (TPSA) is 114 Å². The van der Waals surface area contributed by atoms with E-state index in [-0.39, 0.29) is 13.1 Å². The van der Waals surface area contributed by atoms with Crippen molar-refractivity contribution in [3.63, 3.8) is 0 Å². The summed E-state index contributed by atoms with van der Waals surface area (Å²) in [7, 11) is 1.71. The molecular formula is C15H19N5O3. The summed E-state index contributed by atoms with van der Waals surface area (Å²) < 4.78 is 1.33. The number of nitrogens with two attached hydrogens (primary N) is 1. The van der Waals surface area contributed by atoms with Gasteiger partial charge in [0, 0.05) is 6.54 Å². The second-order valence-electron chi connectivity index (χ2n) is 5.39. The van der Waals surface area contributed by atoms with E-state index in [1.54, 1.807) is 24.2 Å². The molecular weight excluding hydrogens is 298 g/mol. The standard InChI is InChI=1S/C15H19N5O3/c1-10-5-3-4-6-12(10)14(15(22)23)19(2)7-11-8-20(18-17-11)9-13(16)21/h3-6,8,14H,7,9H2,1-2H3,(H2,16,21)(H,22,23). The molecule has 1 atom stereocenters. The molecule has 0 bridgehead atoms.